The molecule has 0 atom stereocenters. The van der Waals surface area contributed by atoms with Gasteiger partial charge >= 0.3 is 0 Å². The van der Waals surface area contributed by atoms with Crippen molar-refractivity contribution in [2.45, 2.75) is 0 Å². The lowest BCUT2D eigenvalue weighted by atomic mass is 10.1. The number of amides is 1. The van der Waals surface area contributed by atoms with E-state index in [-0.39, 0.29) is 5.70 Å². The van der Waals surface area contributed by atoms with Gasteiger partial charge in [-0.25, -0.2) is 9.07 Å². The van der Waals surface area contributed by atoms with Gasteiger partial charge in [-0.15, -0.1) is 5.10 Å². The van der Waals surface area contributed by atoms with E-state index in [1.54, 1.807) is 35.1 Å². The van der Waals surface area contributed by atoms with E-state index in [9.17, 15) is 9.18 Å². The molecule has 2 aromatic carbocycles. The summed E-state index contributed by atoms with van der Waals surface area (Å²) in [6.07, 6.45) is 4.08. The molecule has 27 heavy (non-hydrogen) atoms. The van der Waals surface area contributed by atoms with Gasteiger partial charge in [0.15, 0.2) is 0 Å². The molecule has 1 heterocycles. The van der Waals surface area contributed by atoms with E-state index in [0.717, 1.165) is 23.0 Å². The third kappa shape index (κ3) is 4.07. The molecule has 0 unspecified atom stereocenters. The van der Waals surface area contributed by atoms with Gasteiger partial charge in [0.25, 0.3) is 5.91 Å². The number of nitrogens with zero attached hydrogens (tertiary/aromatic N) is 3. The molecular formula is C21H17FN4O. The van der Waals surface area contributed by atoms with Gasteiger partial charge in [0.1, 0.15) is 5.83 Å². The third-order valence-corrected chi connectivity index (χ3v) is 3.81. The summed E-state index contributed by atoms with van der Waals surface area (Å²) in [6.45, 7) is 6.90. The molecule has 3 aromatic rings. The number of carbonyl (C=O) groups is 1. The lowest BCUT2D eigenvalue weighted by molar-refractivity contribution is 0.0965. The van der Waals surface area contributed by atoms with Crippen LogP contribution >= 0.6 is 0 Å². The van der Waals surface area contributed by atoms with Crippen LogP contribution < -0.4 is 5.32 Å². The first-order valence-corrected chi connectivity index (χ1v) is 8.15. The minimum atomic E-state index is -0.648. The summed E-state index contributed by atoms with van der Waals surface area (Å²) in [5.74, 6) is -1.11. The Kier molecular flexibility index (Phi) is 5.37. The Morgan fingerprint density at radius 3 is 2.48 bits per heavy atom. The number of nitrogens with one attached hydrogen (secondary N) is 1. The van der Waals surface area contributed by atoms with Crippen molar-refractivity contribution < 1.29 is 9.18 Å². The Hall–Kier alpha value is -3.80. The molecule has 0 saturated heterocycles. The Labute approximate surface area is 156 Å². The molecule has 0 spiro atoms. The van der Waals surface area contributed by atoms with Crippen LogP contribution in [0.4, 0.5) is 4.39 Å². The van der Waals surface area contributed by atoms with E-state index in [2.05, 4.69) is 28.8 Å². The number of allylic oxidation sites excluding steroid dienone is 3. The van der Waals surface area contributed by atoms with Crippen LogP contribution in [0.15, 0.2) is 97.6 Å². The van der Waals surface area contributed by atoms with Crippen LogP contribution in [0.1, 0.15) is 10.4 Å². The van der Waals surface area contributed by atoms with Crippen LogP contribution in [-0.4, -0.2) is 20.9 Å². The highest BCUT2D eigenvalue weighted by Crippen LogP contribution is 2.21. The van der Waals surface area contributed by atoms with Crippen molar-refractivity contribution in [3.8, 4) is 16.9 Å². The van der Waals surface area contributed by atoms with Crippen molar-refractivity contribution in [3.05, 3.63) is 103 Å². The Balaban J connectivity index is 1.80. The topological polar surface area (TPSA) is 59.8 Å². The molecular weight excluding hydrogens is 343 g/mol. The summed E-state index contributed by atoms with van der Waals surface area (Å²) >= 11 is 0. The minimum Gasteiger partial charge on any atom is -0.320 e. The molecule has 0 fully saturated rings. The third-order valence-electron chi connectivity index (χ3n) is 3.81. The first kappa shape index (κ1) is 18.0. The number of carbonyl (C=O) groups excluding carboxylic acids is 1. The molecule has 1 amide bonds. The van der Waals surface area contributed by atoms with Crippen LogP contribution in [0.25, 0.3) is 16.9 Å². The molecule has 6 heteroatoms. The standard InChI is InChI=1S/C21H17FN4O/c1-3-7-19(22)15(2)24-21(27)17-10-12-18(13-11-17)26-20(14-23-25-26)16-8-5-4-6-9-16/h3-14H,1-2H2,(H,24,27)/b19-7+. The van der Waals surface area contributed by atoms with Gasteiger partial charge < -0.3 is 5.32 Å². The van der Waals surface area contributed by atoms with Gasteiger partial charge in [-0.05, 0) is 30.3 Å². The predicted molar refractivity (Wildman–Crippen MR) is 103 cm³/mol. The average molecular weight is 360 g/mol. The van der Waals surface area contributed by atoms with Crippen molar-refractivity contribution >= 4 is 5.91 Å². The number of aromatic nitrogens is 3. The summed E-state index contributed by atoms with van der Waals surface area (Å²) in [5, 5.41) is 10.5. The summed E-state index contributed by atoms with van der Waals surface area (Å²) in [5.41, 5.74) is 2.81. The number of halogens is 1. The van der Waals surface area contributed by atoms with E-state index in [0.29, 0.717) is 5.56 Å². The molecule has 0 aliphatic carbocycles. The van der Waals surface area contributed by atoms with Gasteiger partial charge in [-0.3, -0.25) is 4.79 Å². The fourth-order valence-electron chi connectivity index (χ4n) is 2.46. The highest BCUT2D eigenvalue weighted by Gasteiger charge is 2.12. The van der Waals surface area contributed by atoms with Crippen molar-refractivity contribution in [3.63, 3.8) is 0 Å². The fourth-order valence-corrected chi connectivity index (χ4v) is 2.46. The van der Waals surface area contributed by atoms with Gasteiger partial charge in [0.2, 0.25) is 0 Å². The molecule has 1 aromatic heterocycles. The van der Waals surface area contributed by atoms with Crippen LogP contribution in [0, 0.1) is 0 Å². The van der Waals surface area contributed by atoms with Gasteiger partial charge in [0, 0.05) is 11.1 Å². The fraction of sp³-hybridized carbons (Fsp3) is 0. The zero-order valence-corrected chi connectivity index (χ0v) is 14.5. The summed E-state index contributed by atoms with van der Waals surface area (Å²) in [7, 11) is 0. The summed E-state index contributed by atoms with van der Waals surface area (Å²) in [4.78, 5) is 12.2. The first-order valence-electron chi connectivity index (χ1n) is 8.15. The highest BCUT2D eigenvalue weighted by molar-refractivity contribution is 5.95. The quantitative estimate of drug-likeness (QED) is 0.670. The van der Waals surface area contributed by atoms with E-state index >= 15 is 0 Å². The monoisotopic (exact) mass is 360 g/mol. The predicted octanol–water partition coefficient (Wildman–Crippen LogP) is 4.22. The average Bonchev–Trinajstić information content (AvgIpc) is 3.18. The van der Waals surface area contributed by atoms with Crippen molar-refractivity contribution in [2.24, 2.45) is 0 Å². The largest absolute Gasteiger partial charge is 0.320 e. The van der Waals surface area contributed by atoms with Crippen molar-refractivity contribution in [1.29, 1.82) is 0 Å². The lowest BCUT2D eigenvalue weighted by Gasteiger charge is -2.09. The Bertz CT molecular complexity index is 1000. The first-order chi connectivity index (χ1) is 13.1. The zero-order chi connectivity index (χ0) is 19.2. The van der Waals surface area contributed by atoms with E-state index in [1.807, 2.05) is 30.3 Å². The van der Waals surface area contributed by atoms with Crippen LogP contribution in [-0.2, 0) is 0 Å². The van der Waals surface area contributed by atoms with Crippen molar-refractivity contribution in [2.75, 3.05) is 0 Å². The molecule has 0 aliphatic rings. The number of benzene rings is 2. The van der Waals surface area contributed by atoms with Crippen molar-refractivity contribution in [1.82, 2.24) is 20.3 Å². The second kappa shape index (κ2) is 8.05. The molecule has 0 bridgehead atoms. The second-order valence-corrected chi connectivity index (χ2v) is 5.63. The normalized spacial score (nSPS) is 11.1. The molecule has 3 rings (SSSR count). The van der Waals surface area contributed by atoms with Gasteiger partial charge in [-0.1, -0.05) is 54.8 Å². The molecule has 1 N–H and O–H groups in total. The molecule has 0 radical (unpaired) electrons. The van der Waals surface area contributed by atoms with Crippen LogP contribution in [0.3, 0.4) is 0 Å². The number of hydrogen-bond donors (Lipinski definition) is 1. The minimum absolute atomic E-state index is 0.119. The molecule has 5 nitrogen and oxygen atoms in total. The zero-order valence-electron chi connectivity index (χ0n) is 14.5. The molecule has 134 valence electrons. The highest BCUT2D eigenvalue weighted by atomic mass is 19.1. The lowest BCUT2D eigenvalue weighted by Crippen LogP contribution is -2.22. The molecule has 0 saturated carbocycles. The Morgan fingerprint density at radius 1 is 1.11 bits per heavy atom. The smallest absolute Gasteiger partial charge is 0.255 e. The summed E-state index contributed by atoms with van der Waals surface area (Å²) in [6, 6.07) is 16.5. The van der Waals surface area contributed by atoms with Crippen LogP contribution in [0.5, 0.6) is 0 Å². The van der Waals surface area contributed by atoms with Crippen LogP contribution in [0.2, 0.25) is 0 Å². The van der Waals surface area contributed by atoms with Gasteiger partial charge in [0.05, 0.1) is 23.3 Å². The summed E-state index contributed by atoms with van der Waals surface area (Å²) < 4.78 is 15.3. The number of hydrogen-bond acceptors (Lipinski definition) is 3. The molecule has 0 aliphatic heterocycles. The second-order valence-electron chi connectivity index (χ2n) is 5.63. The SMILES string of the molecule is C=C/C=C(/F)C(=C)NC(=O)c1ccc(-n2nncc2-c2ccccc2)cc1. The van der Waals surface area contributed by atoms with E-state index in [4.69, 9.17) is 0 Å². The van der Waals surface area contributed by atoms with E-state index < -0.39 is 11.7 Å². The van der Waals surface area contributed by atoms with Gasteiger partial charge in [-0.2, -0.15) is 0 Å². The maximum absolute atomic E-state index is 13.6. The maximum Gasteiger partial charge on any atom is 0.255 e. The maximum atomic E-state index is 13.6. The number of rotatable bonds is 6. The Morgan fingerprint density at radius 2 is 1.81 bits per heavy atom. The van der Waals surface area contributed by atoms with E-state index in [1.165, 1.54) is 6.08 Å².